The number of rotatable bonds is 3. The number of phenolic OH excluding ortho intramolecular Hbond substituents is 1. The molecular weight excluding hydrogens is 318 g/mol. The number of ether oxygens (including phenoxy) is 2. The Kier molecular flexibility index (Phi) is 4.08. The molecule has 3 rings (SSSR count). The Morgan fingerprint density at radius 3 is 2.61 bits per heavy atom. The highest BCUT2D eigenvalue weighted by molar-refractivity contribution is 8.00. The molecule has 0 radical (unpaired) electrons. The summed E-state index contributed by atoms with van der Waals surface area (Å²) in [7, 11) is 4.75. The van der Waals surface area contributed by atoms with Crippen LogP contribution < -0.4 is 14.8 Å². The van der Waals surface area contributed by atoms with Gasteiger partial charge in [0.1, 0.15) is 5.82 Å². The van der Waals surface area contributed by atoms with Crippen molar-refractivity contribution in [3.05, 3.63) is 29.5 Å². The van der Waals surface area contributed by atoms with Gasteiger partial charge in [-0.3, -0.25) is 9.48 Å². The summed E-state index contributed by atoms with van der Waals surface area (Å²) in [5.74, 6) is 1.54. The number of aromatic hydroxyl groups is 1. The summed E-state index contributed by atoms with van der Waals surface area (Å²) < 4.78 is 12.1. The largest absolute Gasteiger partial charge is 0.502 e. The summed E-state index contributed by atoms with van der Waals surface area (Å²) in [6, 6.07) is 3.50. The summed E-state index contributed by atoms with van der Waals surface area (Å²) in [6.07, 6.45) is 1.74. The van der Waals surface area contributed by atoms with Crippen LogP contribution in [-0.4, -0.2) is 40.8 Å². The molecule has 0 unspecified atom stereocenters. The quantitative estimate of drug-likeness (QED) is 0.891. The van der Waals surface area contributed by atoms with Crippen molar-refractivity contribution in [1.29, 1.82) is 0 Å². The first-order valence-electron chi connectivity index (χ1n) is 6.93. The standard InChI is InChI=1S/C15H17N3O4S/c1-18-15-9(6-16-18)14(23-7-12(19)17-15)8-4-10(21-2)13(20)11(5-8)22-3/h4-6,14,20H,7H2,1-3H3,(H,17,19)/t14-/m1/s1. The van der Waals surface area contributed by atoms with Crippen molar-refractivity contribution >= 4 is 23.5 Å². The van der Waals surface area contributed by atoms with E-state index >= 15 is 0 Å². The minimum atomic E-state index is -0.124. The Hall–Kier alpha value is -2.35. The molecule has 1 aliphatic rings. The number of anilines is 1. The van der Waals surface area contributed by atoms with Gasteiger partial charge in [0, 0.05) is 12.6 Å². The van der Waals surface area contributed by atoms with Gasteiger partial charge in [0.05, 0.1) is 31.4 Å². The van der Waals surface area contributed by atoms with Crippen LogP contribution in [0.1, 0.15) is 16.4 Å². The van der Waals surface area contributed by atoms with E-state index in [4.69, 9.17) is 9.47 Å². The number of amides is 1. The van der Waals surface area contributed by atoms with Crippen molar-refractivity contribution < 1.29 is 19.4 Å². The molecule has 2 aromatic rings. The van der Waals surface area contributed by atoms with Crippen LogP contribution in [0.4, 0.5) is 5.82 Å². The SMILES string of the molecule is COc1cc([C@H]2SCC(=O)Nc3c2cnn3C)cc(OC)c1O. The first-order chi connectivity index (χ1) is 11.0. The van der Waals surface area contributed by atoms with Crippen LogP contribution in [0.2, 0.25) is 0 Å². The maximum absolute atomic E-state index is 11.9. The summed E-state index contributed by atoms with van der Waals surface area (Å²) in [6.45, 7) is 0. The molecule has 0 bridgehead atoms. The molecule has 1 atom stereocenters. The van der Waals surface area contributed by atoms with E-state index in [0.717, 1.165) is 11.1 Å². The van der Waals surface area contributed by atoms with Crippen LogP contribution in [0.5, 0.6) is 17.2 Å². The van der Waals surface area contributed by atoms with Gasteiger partial charge >= 0.3 is 0 Å². The molecule has 2 heterocycles. The van der Waals surface area contributed by atoms with Gasteiger partial charge in [-0.25, -0.2) is 0 Å². The Morgan fingerprint density at radius 1 is 1.35 bits per heavy atom. The van der Waals surface area contributed by atoms with Crippen LogP contribution in [0.15, 0.2) is 18.3 Å². The lowest BCUT2D eigenvalue weighted by molar-refractivity contribution is -0.113. The number of benzene rings is 1. The van der Waals surface area contributed by atoms with Crippen LogP contribution >= 0.6 is 11.8 Å². The summed E-state index contributed by atoms with van der Waals surface area (Å²) in [5, 5.41) is 17.0. The molecule has 1 aliphatic heterocycles. The molecule has 8 heteroatoms. The van der Waals surface area contributed by atoms with Crippen molar-refractivity contribution in [3.8, 4) is 17.2 Å². The number of carbonyl (C=O) groups is 1. The topological polar surface area (TPSA) is 85.6 Å². The lowest BCUT2D eigenvalue weighted by atomic mass is 10.0. The van der Waals surface area contributed by atoms with E-state index in [0.29, 0.717) is 23.1 Å². The highest BCUT2D eigenvalue weighted by Gasteiger charge is 2.28. The number of carbonyl (C=O) groups excluding carboxylic acids is 1. The highest BCUT2D eigenvalue weighted by Crippen LogP contribution is 2.46. The van der Waals surface area contributed by atoms with Crippen LogP contribution in [0.25, 0.3) is 0 Å². The molecule has 0 aliphatic carbocycles. The second-order valence-corrected chi connectivity index (χ2v) is 6.18. The first-order valence-corrected chi connectivity index (χ1v) is 7.98. The third kappa shape index (κ3) is 2.70. The molecule has 0 fully saturated rings. The average molecular weight is 335 g/mol. The molecule has 23 heavy (non-hydrogen) atoms. The number of aromatic nitrogens is 2. The second-order valence-electron chi connectivity index (χ2n) is 5.09. The molecule has 1 aromatic carbocycles. The zero-order chi connectivity index (χ0) is 16.6. The number of hydrogen-bond acceptors (Lipinski definition) is 6. The molecular formula is C15H17N3O4S. The Morgan fingerprint density at radius 2 is 2.00 bits per heavy atom. The number of nitrogens with one attached hydrogen (secondary N) is 1. The number of nitrogens with zero attached hydrogens (tertiary/aromatic N) is 2. The van der Waals surface area contributed by atoms with Gasteiger partial charge in [-0.05, 0) is 17.7 Å². The molecule has 0 spiro atoms. The normalized spacial score (nSPS) is 17.2. The van der Waals surface area contributed by atoms with Gasteiger partial charge < -0.3 is 19.9 Å². The Labute approximate surface area is 137 Å². The van der Waals surface area contributed by atoms with E-state index in [2.05, 4.69) is 10.4 Å². The zero-order valence-electron chi connectivity index (χ0n) is 13.0. The molecule has 1 aromatic heterocycles. The van der Waals surface area contributed by atoms with Crippen molar-refractivity contribution in [2.45, 2.75) is 5.25 Å². The van der Waals surface area contributed by atoms with Gasteiger partial charge in [0.15, 0.2) is 11.5 Å². The van der Waals surface area contributed by atoms with Gasteiger partial charge in [0.2, 0.25) is 11.7 Å². The number of thioether (sulfide) groups is 1. The van der Waals surface area contributed by atoms with Crippen molar-refractivity contribution in [2.75, 3.05) is 25.3 Å². The van der Waals surface area contributed by atoms with Crippen LogP contribution in [-0.2, 0) is 11.8 Å². The second kappa shape index (κ2) is 6.04. The monoisotopic (exact) mass is 335 g/mol. The molecule has 122 valence electrons. The maximum Gasteiger partial charge on any atom is 0.235 e. The van der Waals surface area contributed by atoms with E-state index in [1.807, 2.05) is 0 Å². The van der Waals surface area contributed by atoms with Gasteiger partial charge in [-0.15, -0.1) is 11.8 Å². The van der Waals surface area contributed by atoms with Gasteiger partial charge in [-0.2, -0.15) is 5.10 Å². The van der Waals surface area contributed by atoms with Crippen LogP contribution in [0.3, 0.4) is 0 Å². The fourth-order valence-corrected chi connectivity index (χ4v) is 3.63. The molecule has 0 saturated heterocycles. The predicted molar refractivity (Wildman–Crippen MR) is 87.3 cm³/mol. The summed E-state index contributed by atoms with van der Waals surface area (Å²) in [4.78, 5) is 11.9. The zero-order valence-corrected chi connectivity index (χ0v) is 13.8. The highest BCUT2D eigenvalue weighted by atomic mass is 32.2. The van der Waals surface area contributed by atoms with Gasteiger partial charge in [0.25, 0.3) is 0 Å². The van der Waals surface area contributed by atoms with E-state index in [1.165, 1.54) is 26.0 Å². The van der Waals surface area contributed by atoms with Crippen LogP contribution in [0, 0.1) is 0 Å². The Balaban J connectivity index is 2.12. The molecule has 1 amide bonds. The van der Waals surface area contributed by atoms with E-state index < -0.39 is 0 Å². The number of phenols is 1. The van der Waals surface area contributed by atoms with Crippen molar-refractivity contribution in [2.24, 2.45) is 7.05 Å². The third-order valence-corrected chi connectivity index (χ3v) is 4.98. The maximum atomic E-state index is 11.9. The van der Waals surface area contributed by atoms with Crippen molar-refractivity contribution in [3.63, 3.8) is 0 Å². The number of aryl methyl sites for hydroxylation is 1. The number of methoxy groups -OCH3 is 2. The molecule has 7 nitrogen and oxygen atoms in total. The minimum Gasteiger partial charge on any atom is -0.502 e. The average Bonchev–Trinajstić information content (AvgIpc) is 2.80. The first kappa shape index (κ1) is 15.5. The third-order valence-electron chi connectivity index (χ3n) is 3.69. The predicted octanol–water partition coefficient (Wildman–Crippen LogP) is 1.92. The lowest BCUT2D eigenvalue weighted by Gasteiger charge is -2.17. The fraction of sp³-hybridized carbons (Fsp3) is 0.333. The van der Waals surface area contributed by atoms with Gasteiger partial charge in [-0.1, -0.05) is 0 Å². The fourth-order valence-electron chi connectivity index (χ4n) is 2.56. The number of fused-ring (bicyclic) bond motifs is 1. The lowest BCUT2D eigenvalue weighted by Crippen LogP contribution is -2.15. The Bertz CT molecular complexity index is 734. The number of hydrogen-bond donors (Lipinski definition) is 2. The minimum absolute atomic E-state index is 0.0435. The van der Waals surface area contributed by atoms with Crippen molar-refractivity contribution in [1.82, 2.24) is 9.78 Å². The molecule has 2 N–H and O–H groups in total. The summed E-state index contributed by atoms with van der Waals surface area (Å²) >= 11 is 1.49. The molecule has 0 saturated carbocycles. The smallest absolute Gasteiger partial charge is 0.235 e. The summed E-state index contributed by atoms with van der Waals surface area (Å²) in [5.41, 5.74) is 1.77. The van der Waals surface area contributed by atoms with E-state index in [9.17, 15) is 9.90 Å². The van der Waals surface area contributed by atoms with E-state index in [1.54, 1.807) is 30.1 Å². The van der Waals surface area contributed by atoms with E-state index in [-0.39, 0.29) is 16.9 Å².